The number of rotatable bonds is 5. The molecule has 5 aliphatic carbocycles. The van der Waals surface area contributed by atoms with Crippen LogP contribution in [0.5, 0.6) is 0 Å². The quantitative estimate of drug-likeness (QED) is 0.315. The molecule has 0 aromatic rings. The Morgan fingerprint density at radius 2 is 1.64 bits per heavy atom. The van der Waals surface area contributed by atoms with Crippen molar-refractivity contribution in [3.05, 3.63) is 11.6 Å². The van der Waals surface area contributed by atoms with Gasteiger partial charge in [-0.05, 0) is 130 Å². The molecule has 1 saturated heterocycles. The van der Waals surface area contributed by atoms with Crippen molar-refractivity contribution in [1.29, 1.82) is 0 Å². The van der Waals surface area contributed by atoms with Gasteiger partial charge in [-0.2, -0.15) is 0 Å². The van der Waals surface area contributed by atoms with Gasteiger partial charge in [0.25, 0.3) is 0 Å². The van der Waals surface area contributed by atoms with Crippen molar-refractivity contribution >= 4 is 5.91 Å². The summed E-state index contributed by atoms with van der Waals surface area (Å²) >= 11 is 0. The molecule has 9 atom stereocenters. The number of nitrogens with zero attached hydrogens (tertiary/aromatic N) is 1. The lowest BCUT2D eigenvalue weighted by Gasteiger charge is -2.71. The molecule has 0 bridgehead atoms. The number of piperidine rings is 1. The first-order chi connectivity index (χ1) is 19.8. The van der Waals surface area contributed by atoms with Gasteiger partial charge in [-0.3, -0.25) is 4.79 Å². The number of allylic oxidation sites excluding steroid dienone is 2. The SMILES string of the molecule is CC1(C)CC[C@]2(C(=O)NCCN3CCCCC3)CC[C@]3(C)C(=CC[C@@H]4[C@@]5(C)CC[C@H](O)[C@@](C)(CO)[C@@H]5CC[C@]43C)[C@@H]2C1. The van der Waals surface area contributed by atoms with Gasteiger partial charge < -0.3 is 20.4 Å². The van der Waals surface area contributed by atoms with Gasteiger partial charge in [0.15, 0.2) is 0 Å². The molecule has 0 radical (unpaired) electrons. The minimum absolute atomic E-state index is 0.0722. The molecular weight excluding hydrogens is 520 g/mol. The third-order valence-electron chi connectivity index (χ3n) is 15.4. The van der Waals surface area contributed by atoms with Crippen LogP contribution in [0.15, 0.2) is 11.6 Å². The second-order valence-corrected chi connectivity index (χ2v) is 17.7. The maximum Gasteiger partial charge on any atom is 0.226 e. The Bertz CT molecular complexity index is 1080. The highest BCUT2D eigenvalue weighted by Gasteiger charge is 2.69. The highest BCUT2D eigenvalue weighted by atomic mass is 16.3. The number of hydrogen-bond donors (Lipinski definition) is 3. The number of fused-ring (bicyclic) bond motifs is 7. The molecule has 0 aromatic heterocycles. The molecule has 1 aliphatic heterocycles. The lowest BCUT2D eigenvalue weighted by molar-refractivity contribution is -0.215. The molecule has 0 spiro atoms. The number of carbonyl (C=O) groups is 1. The maximum atomic E-state index is 14.3. The molecule has 42 heavy (non-hydrogen) atoms. The molecule has 0 aromatic carbocycles. The van der Waals surface area contributed by atoms with Crippen LogP contribution in [-0.4, -0.2) is 59.9 Å². The molecule has 3 N–H and O–H groups in total. The van der Waals surface area contributed by atoms with E-state index < -0.39 is 11.5 Å². The van der Waals surface area contributed by atoms with E-state index in [1.165, 1.54) is 32.4 Å². The molecule has 5 fully saturated rings. The Morgan fingerprint density at radius 1 is 0.929 bits per heavy atom. The first-order valence-corrected chi connectivity index (χ1v) is 17.8. The van der Waals surface area contributed by atoms with Crippen LogP contribution in [0.1, 0.15) is 125 Å². The van der Waals surface area contributed by atoms with Gasteiger partial charge in [0.05, 0.1) is 18.1 Å². The van der Waals surface area contributed by atoms with E-state index in [1.807, 2.05) is 0 Å². The predicted octanol–water partition coefficient (Wildman–Crippen LogP) is 6.72. The van der Waals surface area contributed by atoms with Crippen LogP contribution < -0.4 is 5.32 Å². The van der Waals surface area contributed by atoms with Crippen molar-refractivity contribution in [2.24, 2.45) is 50.2 Å². The Kier molecular flexibility index (Phi) is 7.83. The van der Waals surface area contributed by atoms with Crippen LogP contribution in [0.2, 0.25) is 0 Å². The van der Waals surface area contributed by atoms with E-state index in [0.717, 1.165) is 77.3 Å². The summed E-state index contributed by atoms with van der Waals surface area (Å²) in [4.78, 5) is 16.9. The molecule has 6 rings (SSSR count). The molecule has 5 heteroatoms. The van der Waals surface area contributed by atoms with Crippen LogP contribution in [0.4, 0.5) is 0 Å². The number of amides is 1. The first-order valence-electron chi connectivity index (χ1n) is 17.8. The molecule has 5 nitrogen and oxygen atoms in total. The standard InChI is InChI=1S/C37H62N2O3/c1-32(2)16-18-37(31(42)38-20-23-39-21-8-7-9-22-39)19-17-35(5)26(27(37)24-32)10-11-29-33(3)14-13-30(41)34(4,25-40)28(33)12-15-36(29,35)6/h10,27-30,40-41H,7-9,11-25H2,1-6H3,(H,38,42)/t27-,28+,29+,30-,33-,34-,35+,36+,37-/m0/s1. The van der Waals surface area contributed by atoms with E-state index in [2.05, 4.69) is 57.8 Å². The number of likely N-dealkylation sites (tertiary alicyclic amines) is 1. The van der Waals surface area contributed by atoms with Crippen molar-refractivity contribution in [2.75, 3.05) is 32.8 Å². The van der Waals surface area contributed by atoms with Crippen molar-refractivity contribution < 1.29 is 15.0 Å². The lowest BCUT2D eigenvalue weighted by atomic mass is 9.33. The molecule has 1 amide bonds. The summed E-state index contributed by atoms with van der Waals surface area (Å²) in [6.45, 7) is 18.9. The first kappa shape index (κ1) is 31.1. The zero-order valence-corrected chi connectivity index (χ0v) is 27.9. The Morgan fingerprint density at radius 3 is 2.36 bits per heavy atom. The third kappa shape index (κ3) is 4.43. The number of nitrogens with one attached hydrogen (secondary N) is 1. The maximum absolute atomic E-state index is 14.3. The summed E-state index contributed by atoms with van der Waals surface area (Å²) < 4.78 is 0. The fourth-order valence-corrected chi connectivity index (χ4v) is 12.4. The second-order valence-electron chi connectivity index (χ2n) is 17.7. The average molecular weight is 583 g/mol. The average Bonchev–Trinajstić information content (AvgIpc) is 2.96. The highest BCUT2D eigenvalue weighted by Crippen LogP contribution is 2.75. The lowest BCUT2D eigenvalue weighted by Crippen LogP contribution is -2.66. The fraction of sp³-hybridized carbons (Fsp3) is 0.919. The predicted molar refractivity (Wildman–Crippen MR) is 170 cm³/mol. The van der Waals surface area contributed by atoms with Crippen LogP contribution in [-0.2, 0) is 4.79 Å². The highest BCUT2D eigenvalue weighted by molar-refractivity contribution is 5.84. The number of aliphatic hydroxyl groups excluding tert-OH is 2. The smallest absolute Gasteiger partial charge is 0.226 e. The monoisotopic (exact) mass is 582 g/mol. The van der Waals surface area contributed by atoms with Crippen LogP contribution >= 0.6 is 0 Å². The number of carbonyl (C=O) groups excluding carboxylic acids is 1. The van der Waals surface area contributed by atoms with Crippen molar-refractivity contribution in [1.82, 2.24) is 10.2 Å². The largest absolute Gasteiger partial charge is 0.396 e. The van der Waals surface area contributed by atoms with E-state index in [1.54, 1.807) is 5.57 Å². The summed E-state index contributed by atoms with van der Waals surface area (Å²) in [6, 6.07) is 0. The van der Waals surface area contributed by atoms with Crippen molar-refractivity contribution in [3.63, 3.8) is 0 Å². The van der Waals surface area contributed by atoms with E-state index in [-0.39, 0.29) is 33.7 Å². The Hall–Kier alpha value is -0.910. The van der Waals surface area contributed by atoms with Crippen molar-refractivity contribution in [3.8, 4) is 0 Å². The molecule has 4 saturated carbocycles. The Labute approximate surface area is 256 Å². The zero-order chi connectivity index (χ0) is 30.2. The molecule has 6 aliphatic rings. The van der Waals surface area contributed by atoms with Crippen molar-refractivity contribution in [2.45, 2.75) is 131 Å². The Balaban J connectivity index is 1.30. The van der Waals surface area contributed by atoms with E-state index >= 15 is 0 Å². The van der Waals surface area contributed by atoms with Crippen LogP contribution in [0.25, 0.3) is 0 Å². The summed E-state index contributed by atoms with van der Waals surface area (Å²) in [5.41, 5.74) is 1.56. The van der Waals surface area contributed by atoms with Gasteiger partial charge in [-0.25, -0.2) is 0 Å². The summed E-state index contributed by atoms with van der Waals surface area (Å²) in [5.74, 6) is 1.55. The normalized spacial score (nSPS) is 48.6. The van der Waals surface area contributed by atoms with Gasteiger partial charge in [0, 0.05) is 18.5 Å². The van der Waals surface area contributed by atoms with Gasteiger partial charge in [-0.1, -0.05) is 59.6 Å². The minimum atomic E-state index is -0.416. The fourth-order valence-electron chi connectivity index (χ4n) is 12.4. The molecule has 238 valence electrons. The number of aliphatic hydroxyl groups is 2. The third-order valence-corrected chi connectivity index (χ3v) is 15.4. The molecule has 0 unspecified atom stereocenters. The van der Waals surface area contributed by atoms with E-state index in [0.29, 0.717) is 23.7 Å². The van der Waals surface area contributed by atoms with Crippen LogP contribution in [0, 0.1) is 50.2 Å². The zero-order valence-electron chi connectivity index (χ0n) is 27.9. The van der Waals surface area contributed by atoms with E-state index in [4.69, 9.17) is 0 Å². The van der Waals surface area contributed by atoms with Gasteiger partial charge in [-0.15, -0.1) is 0 Å². The summed E-state index contributed by atoms with van der Waals surface area (Å²) in [7, 11) is 0. The topological polar surface area (TPSA) is 72.8 Å². The second kappa shape index (κ2) is 10.6. The number of hydrogen-bond acceptors (Lipinski definition) is 4. The molecule has 1 heterocycles. The summed E-state index contributed by atoms with van der Waals surface area (Å²) in [5, 5.41) is 25.1. The summed E-state index contributed by atoms with van der Waals surface area (Å²) in [6.07, 6.45) is 16.7. The van der Waals surface area contributed by atoms with Crippen LogP contribution in [0.3, 0.4) is 0 Å². The van der Waals surface area contributed by atoms with E-state index in [9.17, 15) is 15.0 Å². The van der Waals surface area contributed by atoms with Gasteiger partial charge in [0.1, 0.15) is 0 Å². The molecular formula is C37H62N2O3. The minimum Gasteiger partial charge on any atom is -0.396 e. The van der Waals surface area contributed by atoms with Gasteiger partial charge >= 0.3 is 0 Å². The van der Waals surface area contributed by atoms with Gasteiger partial charge in [0.2, 0.25) is 5.91 Å².